The molecule has 2 rings (SSSR count). The van der Waals surface area contributed by atoms with E-state index in [2.05, 4.69) is 31.0 Å². The molecule has 0 aromatic carbocycles. The number of piperidine rings is 1. The second kappa shape index (κ2) is 5.71. The zero-order valence-electron chi connectivity index (χ0n) is 12.0. The number of nitrogens with one attached hydrogen (secondary N) is 1. The Morgan fingerprint density at radius 1 is 1.29 bits per heavy atom. The molecule has 1 aliphatic heterocycles. The Kier molecular flexibility index (Phi) is 4.48. The van der Waals surface area contributed by atoms with Crippen molar-refractivity contribution in [3.8, 4) is 0 Å². The molecule has 0 aromatic rings. The molecule has 0 amide bonds. The largest absolute Gasteiger partial charge is 0.314 e. The fraction of sp³-hybridized carbons (Fsp3) is 1.00. The molecule has 1 heterocycles. The number of hydrogen-bond donors (Lipinski definition) is 1. The average Bonchev–Trinajstić information content (AvgIpc) is 2.74. The van der Waals surface area contributed by atoms with Crippen LogP contribution in [0.5, 0.6) is 0 Å². The molecule has 2 atom stereocenters. The minimum atomic E-state index is 0.523. The van der Waals surface area contributed by atoms with Crippen LogP contribution in [0.15, 0.2) is 0 Å². The Labute approximate surface area is 107 Å². The minimum Gasteiger partial charge on any atom is -0.314 e. The van der Waals surface area contributed by atoms with E-state index in [1.807, 2.05) is 0 Å². The number of nitrogens with zero attached hydrogens (tertiary/aromatic N) is 1. The molecule has 0 radical (unpaired) electrons. The van der Waals surface area contributed by atoms with Crippen LogP contribution in [-0.4, -0.2) is 35.6 Å². The first-order chi connectivity index (χ1) is 8.15. The summed E-state index contributed by atoms with van der Waals surface area (Å²) in [7, 11) is 0. The van der Waals surface area contributed by atoms with Crippen LogP contribution in [0.4, 0.5) is 0 Å². The molecule has 2 unspecified atom stereocenters. The van der Waals surface area contributed by atoms with Gasteiger partial charge in [-0.3, -0.25) is 4.90 Å². The van der Waals surface area contributed by atoms with E-state index in [0.717, 1.165) is 12.1 Å². The predicted molar refractivity (Wildman–Crippen MR) is 74.4 cm³/mol. The van der Waals surface area contributed by atoms with Crippen molar-refractivity contribution in [2.24, 2.45) is 0 Å². The molecule has 0 aromatic heterocycles. The predicted octanol–water partition coefficient (Wildman–Crippen LogP) is 3.17. The van der Waals surface area contributed by atoms with Gasteiger partial charge in [-0.25, -0.2) is 0 Å². The zero-order valence-corrected chi connectivity index (χ0v) is 12.0. The van der Waals surface area contributed by atoms with E-state index >= 15 is 0 Å². The molecule has 0 bridgehead atoms. The third kappa shape index (κ3) is 3.03. The molecule has 0 spiro atoms. The number of likely N-dealkylation sites (tertiary alicyclic amines) is 1. The van der Waals surface area contributed by atoms with Crippen LogP contribution in [0, 0.1) is 0 Å². The lowest BCUT2D eigenvalue weighted by atomic mass is 9.89. The summed E-state index contributed by atoms with van der Waals surface area (Å²) in [5.74, 6) is 0. The maximum Gasteiger partial charge on any atom is 0.0184 e. The topological polar surface area (TPSA) is 15.3 Å². The summed E-state index contributed by atoms with van der Waals surface area (Å²) in [6.07, 6.45) is 9.67. The van der Waals surface area contributed by atoms with E-state index < -0.39 is 0 Å². The molecule has 1 N–H and O–H groups in total. The van der Waals surface area contributed by atoms with Gasteiger partial charge in [0.25, 0.3) is 0 Å². The van der Waals surface area contributed by atoms with E-state index in [1.165, 1.54) is 58.0 Å². The molecule has 2 fully saturated rings. The van der Waals surface area contributed by atoms with Crippen LogP contribution in [0.3, 0.4) is 0 Å². The standard InChI is InChI=1S/C15H30N2/c1-4-10-16-14-7-11-17(13(2)12-14)15(3)8-5-6-9-15/h13-14,16H,4-12H2,1-3H3. The van der Waals surface area contributed by atoms with E-state index in [1.54, 1.807) is 0 Å². The molecule has 1 aliphatic carbocycles. The Hall–Kier alpha value is -0.0800. The number of rotatable bonds is 4. The maximum absolute atomic E-state index is 3.70. The van der Waals surface area contributed by atoms with Gasteiger partial charge >= 0.3 is 0 Å². The van der Waals surface area contributed by atoms with Crippen LogP contribution < -0.4 is 5.32 Å². The van der Waals surface area contributed by atoms with Gasteiger partial charge in [-0.15, -0.1) is 0 Å². The van der Waals surface area contributed by atoms with Crippen molar-refractivity contribution in [3.05, 3.63) is 0 Å². The molecule has 100 valence electrons. The lowest BCUT2D eigenvalue weighted by Gasteiger charge is -2.47. The minimum absolute atomic E-state index is 0.523. The Morgan fingerprint density at radius 3 is 2.59 bits per heavy atom. The molecule has 2 heteroatoms. The lowest BCUT2D eigenvalue weighted by Crippen LogP contribution is -2.55. The van der Waals surface area contributed by atoms with Crippen molar-refractivity contribution in [1.29, 1.82) is 0 Å². The first kappa shape index (κ1) is 13.4. The molecule has 1 saturated heterocycles. The van der Waals surface area contributed by atoms with Gasteiger partial charge in [-0.05, 0) is 52.5 Å². The highest BCUT2D eigenvalue weighted by molar-refractivity contribution is 4.96. The molecule has 2 nitrogen and oxygen atoms in total. The highest BCUT2D eigenvalue weighted by Gasteiger charge is 2.39. The SMILES string of the molecule is CCCNC1CCN(C2(C)CCCC2)C(C)C1. The van der Waals surface area contributed by atoms with Crippen molar-refractivity contribution in [2.75, 3.05) is 13.1 Å². The van der Waals surface area contributed by atoms with Crippen LogP contribution in [-0.2, 0) is 0 Å². The molecule has 17 heavy (non-hydrogen) atoms. The summed E-state index contributed by atoms with van der Waals surface area (Å²) in [4.78, 5) is 2.81. The van der Waals surface area contributed by atoms with Crippen molar-refractivity contribution >= 4 is 0 Å². The fourth-order valence-electron chi connectivity index (χ4n) is 3.93. The molecular formula is C15H30N2. The van der Waals surface area contributed by atoms with E-state index in [0.29, 0.717) is 5.54 Å². The fourth-order valence-corrected chi connectivity index (χ4v) is 3.93. The summed E-state index contributed by atoms with van der Waals surface area (Å²) in [5.41, 5.74) is 0.523. The van der Waals surface area contributed by atoms with E-state index in [4.69, 9.17) is 0 Å². The monoisotopic (exact) mass is 238 g/mol. The van der Waals surface area contributed by atoms with Crippen LogP contribution in [0.1, 0.15) is 65.7 Å². The zero-order chi connectivity index (χ0) is 12.3. The maximum atomic E-state index is 3.70. The van der Waals surface area contributed by atoms with Gasteiger partial charge in [-0.2, -0.15) is 0 Å². The Morgan fingerprint density at radius 2 is 2.00 bits per heavy atom. The summed E-state index contributed by atoms with van der Waals surface area (Å²) in [5, 5.41) is 3.70. The molecular weight excluding hydrogens is 208 g/mol. The second-order valence-corrected chi connectivity index (χ2v) is 6.42. The van der Waals surface area contributed by atoms with Gasteiger partial charge in [-0.1, -0.05) is 19.8 Å². The van der Waals surface area contributed by atoms with E-state index in [9.17, 15) is 0 Å². The lowest BCUT2D eigenvalue weighted by molar-refractivity contribution is 0.0294. The first-order valence-corrected chi connectivity index (χ1v) is 7.66. The molecule has 1 saturated carbocycles. The third-order valence-corrected chi connectivity index (χ3v) is 4.93. The number of hydrogen-bond acceptors (Lipinski definition) is 2. The van der Waals surface area contributed by atoms with Crippen molar-refractivity contribution in [2.45, 2.75) is 83.3 Å². The first-order valence-electron chi connectivity index (χ1n) is 7.66. The highest BCUT2D eigenvalue weighted by Crippen LogP contribution is 2.38. The summed E-state index contributed by atoms with van der Waals surface area (Å²) >= 11 is 0. The summed E-state index contributed by atoms with van der Waals surface area (Å²) in [6.45, 7) is 9.68. The van der Waals surface area contributed by atoms with Gasteiger partial charge in [0.05, 0.1) is 0 Å². The quantitative estimate of drug-likeness (QED) is 0.809. The van der Waals surface area contributed by atoms with Gasteiger partial charge in [0.2, 0.25) is 0 Å². The Bertz CT molecular complexity index is 233. The van der Waals surface area contributed by atoms with Gasteiger partial charge in [0.1, 0.15) is 0 Å². The van der Waals surface area contributed by atoms with Crippen LogP contribution in [0.2, 0.25) is 0 Å². The molecule has 2 aliphatic rings. The van der Waals surface area contributed by atoms with Gasteiger partial charge < -0.3 is 5.32 Å². The van der Waals surface area contributed by atoms with Crippen LogP contribution >= 0.6 is 0 Å². The second-order valence-electron chi connectivity index (χ2n) is 6.42. The van der Waals surface area contributed by atoms with Crippen molar-refractivity contribution < 1.29 is 0 Å². The third-order valence-electron chi connectivity index (χ3n) is 4.93. The normalized spacial score (nSPS) is 34.1. The highest BCUT2D eigenvalue weighted by atomic mass is 15.2. The average molecular weight is 238 g/mol. The van der Waals surface area contributed by atoms with E-state index in [-0.39, 0.29) is 0 Å². The Balaban J connectivity index is 1.87. The summed E-state index contributed by atoms with van der Waals surface area (Å²) < 4.78 is 0. The van der Waals surface area contributed by atoms with Gasteiger partial charge in [0, 0.05) is 24.2 Å². The van der Waals surface area contributed by atoms with Gasteiger partial charge in [0.15, 0.2) is 0 Å². The van der Waals surface area contributed by atoms with Crippen LogP contribution in [0.25, 0.3) is 0 Å². The smallest absolute Gasteiger partial charge is 0.0184 e. The summed E-state index contributed by atoms with van der Waals surface area (Å²) in [6, 6.07) is 1.53. The van der Waals surface area contributed by atoms with Crippen molar-refractivity contribution in [3.63, 3.8) is 0 Å². The van der Waals surface area contributed by atoms with Crippen molar-refractivity contribution in [1.82, 2.24) is 10.2 Å².